The average molecular weight is 580 g/mol. The molecule has 41 heavy (non-hydrogen) atoms. The standard InChI is InChI=1S/C30H42FNO9/c1-17-13-21(31)25(33)26-22(39-30(6,7)40-26)12-10-11-19-14-20(32(8)28(35)41-29(3,4)5)15-23(37-16-36-9)24(19)27(34)38-18(17)2/h10-11,13-15,17-18,22,25-26,33H,12,16H2,1-9H3/b11-10+,21-13+/t17-,18+,22-,25?,26-/m1/s1. The van der Waals surface area contributed by atoms with Crippen molar-refractivity contribution in [3.8, 4) is 5.75 Å². The van der Waals surface area contributed by atoms with Crippen LogP contribution in [0.25, 0.3) is 6.08 Å². The molecule has 0 bridgehead atoms. The summed E-state index contributed by atoms with van der Waals surface area (Å²) < 4.78 is 49.0. The van der Waals surface area contributed by atoms with Crippen molar-refractivity contribution < 1.29 is 47.5 Å². The summed E-state index contributed by atoms with van der Waals surface area (Å²) in [6.45, 7) is 11.8. The van der Waals surface area contributed by atoms with Crippen molar-refractivity contribution >= 4 is 23.8 Å². The molecule has 2 heterocycles. The summed E-state index contributed by atoms with van der Waals surface area (Å²) >= 11 is 0. The van der Waals surface area contributed by atoms with Crippen LogP contribution in [0.2, 0.25) is 0 Å². The Kier molecular flexibility index (Phi) is 10.2. The van der Waals surface area contributed by atoms with Crippen LogP contribution >= 0.6 is 0 Å². The molecule has 1 saturated heterocycles. The van der Waals surface area contributed by atoms with Crippen molar-refractivity contribution in [3.63, 3.8) is 0 Å². The quantitative estimate of drug-likeness (QED) is 0.371. The number of halogens is 1. The Morgan fingerprint density at radius 1 is 1.22 bits per heavy atom. The molecule has 1 unspecified atom stereocenters. The number of aliphatic hydroxyl groups excluding tert-OH is 1. The first-order valence-electron chi connectivity index (χ1n) is 13.6. The van der Waals surface area contributed by atoms with E-state index in [1.165, 1.54) is 24.2 Å². The molecule has 0 radical (unpaired) electrons. The zero-order valence-electron chi connectivity index (χ0n) is 25.2. The van der Waals surface area contributed by atoms with Gasteiger partial charge in [0.1, 0.15) is 41.1 Å². The second-order valence-electron chi connectivity index (χ2n) is 11.7. The van der Waals surface area contributed by atoms with Crippen LogP contribution in [0.3, 0.4) is 0 Å². The number of carbonyl (C=O) groups is 2. The highest BCUT2D eigenvalue weighted by Gasteiger charge is 2.45. The number of ether oxygens (including phenoxy) is 6. The van der Waals surface area contributed by atoms with Crippen molar-refractivity contribution in [1.82, 2.24) is 0 Å². The van der Waals surface area contributed by atoms with E-state index < -0.39 is 59.6 Å². The maximum absolute atomic E-state index is 15.1. The third-order valence-corrected chi connectivity index (χ3v) is 6.65. The molecule has 0 saturated carbocycles. The Morgan fingerprint density at radius 2 is 1.90 bits per heavy atom. The van der Waals surface area contributed by atoms with E-state index >= 15 is 4.39 Å². The first-order chi connectivity index (χ1) is 19.0. The minimum absolute atomic E-state index is 0.0979. The number of aliphatic hydroxyl groups is 1. The largest absolute Gasteiger partial charge is 0.467 e. The number of hydrogen-bond donors (Lipinski definition) is 1. The van der Waals surface area contributed by atoms with Crippen LogP contribution in [0.5, 0.6) is 5.75 Å². The van der Waals surface area contributed by atoms with Crippen LogP contribution in [0, 0.1) is 5.92 Å². The number of cyclic esters (lactones) is 1. The number of anilines is 1. The van der Waals surface area contributed by atoms with E-state index in [1.54, 1.807) is 73.7 Å². The Morgan fingerprint density at radius 3 is 2.54 bits per heavy atom. The lowest BCUT2D eigenvalue weighted by Crippen LogP contribution is -2.36. The molecule has 1 amide bonds. The maximum atomic E-state index is 15.1. The molecule has 0 spiro atoms. The molecule has 1 aromatic rings. The van der Waals surface area contributed by atoms with Crippen LogP contribution in [0.1, 0.15) is 70.8 Å². The number of carbonyl (C=O) groups excluding carboxylic acids is 2. The number of benzene rings is 1. The van der Waals surface area contributed by atoms with Crippen molar-refractivity contribution in [2.24, 2.45) is 5.92 Å². The van der Waals surface area contributed by atoms with E-state index in [9.17, 15) is 14.7 Å². The molecule has 1 fully saturated rings. The number of methoxy groups -OCH3 is 1. The fourth-order valence-corrected chi connectivity index (χ4v) is 4.46. The van der Waals surface area contributed by atoms with E-state index in [0.717, 1.165) is 0 Å². The molecule has 0 aromatic heterocycles. The van der Waals surface area contributed by atoms with E-state index in [1.807, 2.05) is 0 Å². The summed E-state index contributed by atoms with van der Waals surface area (Å²) in [6, 6.07) is 3.16. The molecule has 1 aromatic carbocycles. The van der Waals surface area contributed by atoms with Gasteiger partial charge in [0, 0.05) is 26.1 Å². The third-order valence-electron chi connectivity index (χ3n) is 6.65. The topological polar surface area (TPSA) is 113 Å². The molecule has 1 N–H and O–H groups in total. The van der Waals surface area contributed by atoms with Crippen LogP contribution in [-0.2, 0) is 23.7 Å². The van der Waals surface area contributed by atoms with Crippen molar-refractivity contribution in [3.05, 3.63) is 41.2 Å². The fraction of sp³-hybridized carbons (Fsp3) is 0.600. The van der Waals surface area contributed by atoms with Crippen molar-refractivity contribution in [2.75, 3.05) is 25.9 Å². The van der Waals surface area contributed by atoms with Gasteiger partial charge in [0.15, 0.2) is 12.6 Å². The van der Waals surface area contributed by atoms with Crippen LogP contribution in [0.15, 0.2) is 30.1 Å². The van der Waals surface area contributed by atoms with Gasteiger partial charge in [-0.05, 0) is 65.7 Å². The minimum Gasteiger partial charge on any atom is -0.467 e. The van der Waals surface area contributed by atoms with Gasteiger partial charge in [0.05, 0.1) is 11.8 Å². The van der Waals surface area contributed by atoms with Gasteiger partial charge >= 0.3 is 12.1 Å². The van der Waals surface area contributed by atoms with Gasteiger partial charge in [-0.2, -0.15) is 0 Å². The number of rotatable bonds is 4. The number of esters is 1. The lowest BCUT2D eigenvalue weighted by molar-refractivity contribution is -0.153. The fourth-order valence-electron chi connectivity index (χ4n) is 4.46. The molecule has 0 aliphatic carbocycles. The Hall–Kier alpha value is -2.99. The van der Waals surface area contributed by atoms with Crippen molar-refractivity contribution in [2.45, 2.75) is 90.7 Å². The average Bonchev–Trinajstić information content (AvgIpc) is 3.18. The third kappa shape index (κ3) is 8.28. The lowest BCUT2D eigenvalue weighted by Gasteiger charge is -2.26. The van der Waals surface area contributed by atoms with Gasteiger partial charge in [0.2, 0.25) is 0 Å². The van der Waals surface area contributed by atoms with E-state index in [-0.39, 0.29) is 24.5 Å². The molecule has 11 heteroatoms. The highest BCUT2D eigenvalue weighted by atomic mass is 19.1. The van der Waals surface area contributed by atoms with Gasteiger partial charge in [-0.15, -0.1) is 0 Å². The summed E-state index contributed by atoms with van der Waals surface area (Å²) in [6.07, 6.45) is 0.227. The molecule has 2 aliphatic heterocycles. The van der Waals surface area contributed by atoms with E-state index in [2.05, 4.69) is 0 Å². The van der Waals surface area contributed by atoms with Gasteiger partial charge in [-0.1, -0.05) is 19.1 Å². The van der Waals surface area contributed by atoms with E-state index in [4.69, 9.17) is 28.4 Å². The molecular weight excluding hydrogens is 537 g/mol. The van der Waals surface area contributed by atoms with Gasteiger partial charge in [-0.25, -0.2) is 14.0 Å². The summed E-state index contributed by atoms with van der Waals surface area (Å²) in [5.74, 6) is -3.03. The second kappa shape index (κ2) is 12.9. The zero-order chi connectivity index (χ0) is 30.7. The number of nitrogens with zero attached hydrogens (tertiary/aromatic N) is 1. The second-order valence-corrected chi connectivity index (χ2v) is 11.7. The smallest absolute Gasteiger partial charge is 0.414 e. The summed E-state index contributed by atoms with van der Waals surface area (Å²) in [7, 11) is 2.98. The molecule has 2 aliphatic rings. The molecule has 5 atom stereocenters. The first-order valence-corrected chi connectivity index (χ1v) is 13.6. The normalized spacial score (nSPS) is 28.7. The van der Waals surface area contributed by atoms with Crippen molar-refractivity contribution in [1.29, 1.82) is 0 Å². The summed E-state index contributed by atoms with van der Waals surface area (Å²) in [4.78, 5) is 27.7. The van der Waals surface area contributed by atoms with Gasteiger partial charge in [0.25, 0.3) is 0 Å². The predicted octanol–water partition coefficient (Wildman–Crippen LogP) is 5.37. The van der Waals surface area contributed by atoms with Crippen LogP contribution in [0.4, 0.5) is 14.9 Å². The van der Waals surface area contributed by atoms with Crippen LogP contribution < -0.4 is 9.64 Å². The minimum atomic E-state index is -1.57. The molecular formula is C30H42FNO9. The van der Waals surface area contributed by atoms with Gasteiger partial charge in [-0.3, -0.25) is 4.90 Å². The van der Waals surface area contributed by atoms with Gasteiger partial charge < -0.3 is 33.5 Å². The summed E-state index contributed by atoms with van der Waals surface area (Å²) in [5, 5.41) is 10.8. The molecule has 10 nitrogen and oxygen atoms in total. The number of amides is 1. The predicted molar refractivity (Wildman–Crippen MR) is 150 cm³/mol. The Bertz CT molecular complexity index is 1170. The molecule has 228 valence electrons. The zero-order valence-corrected chi connectivity index (χ0v) is 25.2. The highest BCUT2D eigenvalue weighted by Crippen LogP contribution is 2.36. The number of fused-ring (bicyclic) bond motifs is 2. The van der Waals surface area contributed by atoms with E-state index in [0.29, 0.717) is 11.3 Å². The Labute approximate surface area is 241 Å². The highest BCUT2D eigenvalue weighted by molar-refractivity contribution is 5.99. The number of hydrogen-bond acceptors (Lipinski definition) is 9. The Balaban J connectivity index is 2.14. The lowest BCUT2D eigenvalue weighted by atomic mass is 9.98. The maximum Gasteiger partial charge on any atom is 0.414 e. The first kappa shape index (κ1) is 32.5. The summed E-state index contributed by atoms with van der Waals surface area (Å²) in [5.41, 5.74) is 0.157. The molecule has 3 rings (SSSR count). The monoisotopic (exact) mass is 579 g/mol. The SMILES string of the molecule is COCOc1cc(N(C)C(=O)OC(C)(C)C)cc2c1C(=O)O[C@@H](C)[C@H](C)/C=C(/F)C(O)[C@@H]1OC(C)(C)O[C@@H]1C/C=C/2. The van der Waals surface area contributed by atoms with Crippen LogP contribution in [-0.4, -0.2) is 73.9 Å².